The summed E-state index contributed by atoms with van der Waals surface area (Å²) in [4.78, 5) is 29.4. The van der Waals surface area contributed by atoms with Crippen molar-refractivity contribution in [3.63, 3.8) is 0 Å². The maximum absolute atomic E-state index is 12.9. The fourth-order valence-electron chi connectivity index (χ4n) is 4.29. The van der Waals surface area contributed by atoms with Gasteiger partial charge in [-0.25, -0.2) is 8.42 Å². The van der Waals surface area contributed by atoms with E-state index in [-0.39, 0.29) is 24.6 Å². The molecule has 1 amide bonds. The van der Waals surface area contributed by atoms with Crippen molar-refractivity contribution < 1.29 is 17.9 Å². The van der Waals surface area contributed by atoms with E-state index in [2.05, 4.69) is 4.98 Å². The zero-order valence-electron chi connectivity index (χ0n) is 18.0. The minimum Gasteiger partial charge on any atom is -0.485 e. The number of H-pyrrole nitrogens is 1. The lowest BCUT2D eigenvalue weighted by atomic mass is 9.90. The van der Waals surface area contributed by atoms with Crippen molar-refractivity contribution in [3.8, 4) is 5.75 Å². The number of carbonyl (C=O) groups excluding carboxylic acids is 1. The van der Waals surface area contributed by atoms with Crippen LogP contribution in [-0.4, -0.2) is 60.0 Å². The molecule has 1 N–H and O–H groups in total. The summed E-state index contributed by atoms with van der Waals surface area (Å²) in [6, 6.07) is 9.05. The molecule has 1 aromatic heterocycles. The minimum absolute atomic E-state index is 0.113. The van der Waals surface area contributed by atoms with Crippen molar-refractivity contribution in [2.75, 3.05) is 25.9 Å². The third-order valence-corrected chi connectivity index (χ3v) is 7.27. The number of fused-ring (bicyclic) bond motifs is 1. The first-order valence-corrected chi connectivity index (χ1v) is 12.1. The number of rotatable bonds is 2. The number of aromatic nitrogens is 1. The fraction of sp³-hybridized carbons (Fsp3) is 0.455. The van der Waals surface area contributed by atoms with Crippen molar-refractivity contribution in [1.82, 2.24) is 14.2 Å². The van der Waals surface area contributed by atoms with Crippen LogP contribution in [0.15, 0.2) is 35.1 Å². The highest BCUT2D eigenvalue weighted by molar-refractivity contribution is 7.88. The van der Waals surface area contributed by atoms with E-state index in [9.17, 15) is 18.0 Å². The highest BCUT2D eigenvalue weighted by Crippen LogP contribution is 2.37. The minimum atomic E-state index is -3.44. The summed E-state index contributed by atoms with van der Waals surface area (Å²) in [6.45, 7) is 4.97. The van der Waals surface area contributed by atoms with Crippen LogP contribution in [0.3, 0.4) is 0 Å². The molecule has 0 unspecified atom stereocenters. The van der Waals surface area contributed by atoms with Crippen LogP contribution in [-0.2, 0) is 16.6 Å². The Kier molecular flexibility index (Phi) is 5.43. The molecular formula is C22H27N3O5S. The molecule has 8 nitrogen and oxygen atoms in total. The van der Waals surface area contributed by atoms with E-state index in [1.807, 2.05) is 25.1 Å². The second-order valence-electron chi connectivity index (χ2n) is 8.60. The van der Waals surface area contributed by atoms with E-state index in [0.29, 0.717) is 37.4 Å². The molecule has 1 spiro atoms. The molecule has 0 bridgehead atoms. The van der Waals surface area contributed by atoms with Crippen molar-refractivity contribution in [2.45, 2.75) is 38.8 Å². The Bertz CT molecular complexity index is 1180. The van der Waals surface area contributed by atoms with Gasteiger partial charge in [0.15, 0.2) is 0 Å². The topological polar surface area (TPSA) is 99.8 Å². The van der Waals surface area contributed by atoms with Gasteiger partial charge >= 0.3 is 0 Å². The number of piperidine rings is 1. The second-order valence-corrected chi connectivity index (χ2v) is 10.6. The number of hydrogen-bond donors (Lipinski definition) is 1. The molecule has 2 aromatic rings. The quantitative estimate of drug-likeness (QED) is 0.760. The first kappa shape index (κ1) is 21.6. The van der Waals surface area contributed by atoms with Gasteiger partial charge in [-0.05, 0) is 32.0 Å². The van der Waals surface area contributed by atoms with Crippen LogP contribution in [0.5, 0.6) is 5.75 Å². The van der Waals surface area contributed by atoms with Crippen LogP contribution in [0.4, 0.5) is 0 Å². The Morgan fingerprint density at radius 1 is 1.13 bits per heavy atom. The first-order chi connectivity index (χ1) is 14.6. The van der Waals surface area contributed by atoms with Crippen LogP contribution >= 0.6 is 0 Å². The van der Waals surface area contributed by atoms with Crippen molar-refractivity contribution in [3.05, 3.63) is 63.1 Å². The Morgan fingerprint density at radius 3 is 2.48 bits per heavy atom. The Labute approximate surface area is 181 Å². The van der Waals surface area contributed by atoms with E-state index in [1.165, 1.54) is 10.6 Å². The van der Waals surface area contributed by atoms with Gasteiger partial charge in [-0.1, -0.05) is 17.7 Å². The summed E-state index contributed by atoms with van der Waals surface area (Å²) in [5.74, 6) is 0.368. The van der Waals surface area contributed by atoms with Gasteiger partial charge in [-0.2, -0.15) is 4.31 Å². The number of nitrogens with one attached hydrogen (secondary N) is 1. The molecule has 9 heteroatoms. The number of aromatic amines is 1. The molecule has 0 atom stereocenters. The number of benzene rings is 1. The maximum atomic E-state index is 12.9. The molecular weight excluding hydrogens is 418 g/mol. The average molecular weight is 446 g/mol. The number of carbonyl (C=O) groups is 1. The Hall–Kier alpha value is -2.65. The summed E-state index contributed by atoms with van der Waals surface area (Å²) < 4.78 is 32.8. The molecule has 2 aliphatic heterocycles. The van der Waals surface area contributed by atoms with Crippen LogP contribution in [0.25, 0.3) is 0 Å². The van der Waals surface area contributed by atoms with Gasteiger partial charge in [0, 0.05) is 43.7 Å². The fourth-order valence-corrected chi connectivity index (χ4v) is 5.13. The Balaban J connectivity index is 1.59. The van der Waals surface area contributed by atoms with Gasteiger partial charge in [-0.3, -0.25) is 9.59 Å². The van der Waals surface area contributed by atoms with Crippen molar-refractivity contribution >= 4 is 15.9 Å². The van der Waals surface area contributed by atoms with Gasteiger partial charge < -0.3 is 14.6 Å². The lowest BCUT2D eigenvalue weighted by Crippen LogP contribution is -2.55. The lowest BCUT2D eigenvalue weighted by Gasteiger charge is -2.42. The number of ether oxygens (including phenoxy) is 1. The van der Waals surface area contributed by atoms with E-state index in [1.54, 1.807) is 24.0 Å². The van der Waals surface area contributed by atoms with Crippen LogP contribution in [0.1, 0.15) is 40.0 Å². The number of nitrogens with zero attached hydrogens (tertiary/aromatic N) is 2. The van der Waals surface area contributed by atoms with Crippen molar-refractivity contribution in [1.29, 1.82) is 0 Å². The molecule has 0 saturated carbocycles. The molecule has 4 rings (SSSR count). The number of aryl methyl sites for hydroxylation is 2. The standard InChI is InChI=1S/C22H27N3O5S/c1-15-4-7-19-17(12-15)13-25(31(3,28)29)14-22(30-19)8-10-24(11-9-22)21(27)18-6-5-16(2)23-20(18)26/h4-7,12H,8-11,13-14H2,1-3H3,(H,23,26). The normalized spacial score (nSPS) is 18.9. The Morgan fingerprint density at radius 2 is 1.84 bits per heavy atom. The second kappa shape index (κ2) is 7.80. The zero-order chi connectivity index (χ0) is 22.4. The smallest absolute Gasteiger partial charge is 0.260 e. The summed E-state index contributed by atoms with van der Waals surface area (Å²) in [5.41, 5.74) is 1.56. The molecule has 1 fully saturated rings. The lowest BCUT2D eigenvalue weighted by molar-refractivity contribution is -0.00254. The van der Waals surface area contributed by atoms with E-state index < -0.39 is 21.2 Å². The molecule has 0 aliphatic carbocycles. The summed E-state index contributed by atoms with van der Waals surface area (Å²) in [6.07, 6.45) is 2.16. The average Bonchev–Trinajstić information content (AvgIpc) is 2.84. The number of sulfonamides is 1. The zero-order valence-corrected chi connectivity index (χ0v) is 18.8. The van der Waals surface area contributed by atoms with Gasteiger partial charge in [-0.15, -0.1) is 0 Å². The molecule has 1 saturated heterocycles. The summed E-state index contributed by atoms with van der Waals surface area (Å²) >= 11 is 0. The number of likely N-dealkylation sites (tertiary alicyclic amines) is 1. The summed E-state index contributed by atoms with van der Waals surface area (Å²) in [5, 5.41) is 0. The third kappa shape index (κ3) is 4.38. The number of pyridine rings is 1. The predicted octanol–water partition coefficient (Wildman–Crippen LogP) is 1.82. The highest BCUT2D eigenvalue weighted by Gasteiger charge is 2.43. The number of amides is 1. The van der Waals surface area contributed by atoms with Crippen LogP contribution in [0, 0.1) is 13.8 Å². The summed E-state index contributed by atoms with van der Waals surface area (Å²) in [7, 11) is -3.44. The SMILES string of the molecule is Cc1ccc2c(c1)CN(S(C)(=O)=O)CC1(CCN(C(=O)c3ccc(C)[nH]c3=O)CC1)O2. The largest absolute Gasteiger partial charge is 0.485 e. The van der Waals surface area contributed by atoms with Gasteiger partial charge in [0.05, 0.1) is 12.8 Å². The molecule has 3 heterocycles. The van der Waals surface area contributed by atoms with Gasteiger partial charge in [0.1, 0.15) is 16.9 Å². The van der Waals surface area contributed by atoms with E-state index >= 15 is 0 Å². The first-order valence-electron chi connectivity index (χ1n) is 10.3. The van der Waals surface area contributed by atoms with Crippen LogP contribution < -0.4 is 10.3 Å². The molecule has 31 heavy (non-hydrogen) atoms. The van der Waals surface area contributed by atoms with Crippen molar-refractivity contribution in [2.24, 2.45) is 0 Å². The van der Waals surface area contributed by atoms with E-state index in [4.69, 9.17) is 4.74 Å². The number of hydrogen-bond acceptors (Lipinski definition) is 5. The predicted molar refractivity (Wildman–Crippen MR) is 117 cm³/mol. The van der Waals surface area contributed by atoms with E-state index in [0.717, 1.165) is 11.1 Å². The van der Waals surface area contributed by atoms with Gasteiger partial charge in [0.2, 0.25) is 10.0 Å². The molecule has 166 valence electrons. The molecule has 0 radical (unpaired) electrons. The molecule has 1 aromatic carbocycles. The third-order valence-electron chi connectivity index (χ3n) is 6.07. The van der Waals surface area contributed by atoms with Crippen LogP contribution in [0.2, 0.25) is 0 Å². The maximum Gasteiger partial charge on any atom is 0.260 e. The monoisotopic (exact) mass is 445 g/mol. The highest BCUT2D eigenvalue weighted by atomic mass is 32.2. The molecule has 2 aliphatic rings. The van der Waals surface area contributed by atoms with Gasteiger partial charge in [0.25, 0.3) is 11.5 Å².